The molecular weight excluding hydrogens is 363 g/mol. The summed E-state index contributed by atoms with van der Waals surface area (Å²) in [5, 5.41) is 2.90. The van der Waals surface area contributed by atoms with Crippen molar-refractivity contribution < 1.29 is 13.9 Å². The molecule has 0 aromatic heterocycles. The third-order valence-electron chi connectivity index (χ3n) is 3.34. The van der Waals surface area contributed by atoms with Gasteiger partial charge in [-0.25, -0.2) is 4.39 Å². The zero-order valence-corrected chi connectivity index (χ0v) is 14.0. The smallest absolute Gasteiger partial charge is 0.261 e. The van der Waals surface area contributed by atoms with E-state index in [9.17, 15) is 9.18 Å². The summed E-state index contributed by atoms with van der Waals surface area (Å²) < 4.78 is 19.0. The third kappa shape index (κ3) is 5.13. The van der Waals surface area contributed by atoms with Gasteiger partial charge in [-0.1, -0.05) is 0 Å². The average molecular weight is 382 g/mol. The van der Waals surface area contributed by atoms with E-state index in [2.05, 4.69) is 21.2 Å². The molecule has 3 N–H and O–H groups in total. The fourth-order valence-corrected chi connectivity index (χ4v) is 2.43. The second-order valence-corrected chi connectivity index (χ2v) is 5.88. The Hall–Kier alpha value is -0.850. The van der Waals surface area contributed by atoms with Crippen LogP contribution in [0.5, 0.6) is 5.75 Å². The van der Waals surface area contributed by atoms with Gasteiger partial charge in [0, 0.05) is 12.6 Å². The predicted octanol–water partition coefficient (Wildman–Crippen LogP) is 2.63. The number of hydrogen-bond acceptors (Lipinski definition) is 3. The number of carbonyl (C=O) groups is 1. The number of nitrogens with two attached hydrogens (primary N) is 1. The summed E-state index contributed by atoms with van der Waals surface area (Å²) in [7, 11) is 0. The number of ether oxygens (including phenoxy) is 1. The lowest BCUT2D eigenvalue weighted by Crippen LogP contribution is -2.46. The van der Waals surface area contributed by atoms with E-state index in [1.54, 1.807) is 6.92 Å². The normalized spacial score (nSPS) is 16.6. The van der Waals surface area contributed by atoms with Crippen molar-refractivity contribution in [2.75, 3.05) is 6.54 Å². The maximum atomic E-state index is 13.0. The lowest BCUT2D eigenvalue weighted by atomic mass is 10.2. The topological polar surface area (TPSA) is 64.3 Å². The molecule has 1 amide bonds. The second kappa shape index (κ2) is 7.96. The molecule has 1 aromatic rings. The Kier molecular flexibility index (Phi) is 6.90. The van der Waals surface area contributed by atoms with Crippen LogP contribution in [-0.2, 0) is 4.79 Å². The van der Waals surface area contributed by atoms with E-state index in [-0.39, 0.29) is 30.2 Å². The Labute approximate surface area is 138 Å². The van der Waals surface area contributed by atoms with E-state index in [0.29, 0.717) is 22.7 Å². The molecular formula is C14H19BrClFN2O2. The van der Waals surface area contributed by atoms with Crippen LogP contribution in [0.25, 0.3) is 0 Å². The Morgan fingerprint density at radius 2 is 2.24 bits per heavy atom. The van der Waals surface area contributed by atoms with E-state index in [1.165, 1.54) is 18.2 Å². The molecule has 21 heavy (non-hydrogen) atoms. The van der Waals surface area contributed by atoms with Gasteiger partial charge in [0.05, 0.1) is 4.47 Å². The highest BCUT2D eigenvalue weighted by Gasteiger charge is 2.32. The van der Waals surface area contributed by atoms with Crippen molar-refractivity contribution in [1.82, 2.24) is 5.32 Å². The number of hydrogen-bond donors (Lipinski definition) is 2. The first-order valence-electron chi connectivity index (χ1n) is 6.63. The van der Waals surface area contributed by atoms with Crippen LogP contribution < -0.4 is 15.8 Å². The first-order valence-corrected chi connectivity index (χ1v) is 7.42. The lowest BCUT2D eigenvalue weighted by molar-refractivity contribution is -0.128. The fraction of sp³-hybridized carbons (Fsp3) is 0.500. The highest BCUT2D eigenvalue weighted by molar-refractivity contribution is 9.10. The second-order valence-electron chi connectivity index (χ2n) is 5.02. The summed E-state index contributed by atoms with van der Waals surface area (Å²) in [5.74, 6) is 0.361. The van der Waals surface area contributed by atoms with Gasteiger partial charge >= 0.3 is 0 Å². The van der Waals surface area contributed by atoms with E-state index in [0.717, 1.165) is 12.8 Å². The molecule has 0 saturated heterocycles. The van der Waals surface area contributed by atoms with Crippen LogP contribution in [-0.4, -0.2) is 24.6 Å². The van der Waals surface area contributed by atoms with Crippen molar-refractivity contribution in [2.45, 2.75) is 31.9 Å². The molecule has 0 bridgehead atoms. The van der Waals surface area contributed by atoms with Crippen molar-refractivity contribution in [1.29, 1.82) is 0 Å². The lowest BCUT2D eigenvalue weighted by Gasteiger charge is -2.20. The monoisotopic (exact) mass is 380 g/mol. The molecule has 0 spiro atoms. The van der Waals surface area contributed by atoms with Crippen molar-refractivity contribution in [3.8, 4) is 5.75 Å². The number of halogens is 3. The van der Waals surface area contributed by atoms with Crippen LogP contribution in [0.4, 0.5) is 4.39 Å². The van der Waals surface area contributed by atoms with E-state index >= 15 is 0 Å². The molecule has 2 unspecified atom stereocenters. The van der Waals surface area contributed by atoms with Crippen molar-refractivity contribution in [2.24, 2.45) is 11.7 Å². The number of benzene rings is 1. The molecule has 1 aliphatic rings. The van der Waals surface area contributed by atoms with E-state index in [1.807, 2.05) is 0 Å². The number of nitrogens with one attached hydrogen (secondary N) is 1. The third-order valence-corrected chi connectivity index (χ3v) is 3.96. The van der Waals surface area contributed by atoms with Gasteiger partial charge < -0.3 is 15.8 Å². The van der Waals surface area contributed by atoms with Gasteiger partial charge in [-0.15, -0.1) is 12.4 Å². The van der Waals surface area contributed by atoms with Gasteiger partial charge in [0.15, 0.2) is 6.10 Å². The summed E-state index contributed by atoms with van der Waals surface area (Å²) in [6.07, 6.45) is 1.56. The predicted molar refractivity (Wildman–Crippen MR) is 85.1 cm³/mol. The molecule has 1 aliphatic carbocycles. The number of amides is 1. The molecule has 4 nitrogen and oxygen atoms in total. The molecule has 0 heterocycles. The van der Waals surface area contributed by atoms with Crippen LogP contribution in [0.3, 0.4) is 0 Å². The van der Waals surface area contributed by atoms with Gasteiger partial charge in [-0.05, 0) is 59.8 Å². The molecule has 1 saturated carbocycles. The zero-order chi connectivity index (χ0) is 14.7. The summed E-state index contributed by atoms with van der Waals surface area (Å²) >= 11 is 3.21. The minimum Gasteiger partial charge on any atom is -0.480 e. The summed E-state index contributed by atoms with van der Waals surface area (Å²) in [6, 6.07) is 4.10. The largest absolute Gasteiger partial charge is 0.480 e. The quantitative estimate of drug-likeness (QED) is 0.796. The van der Waals surface area contributed by atoms with E-state index in [4.69, 9.17) is 10.5 Å². The highest BCUT2D eigenvalue weighted by atomic mass is 79.9. The molecule has 2 atom stereocenters. The summed E-state index contributed by atoms with van der Waals surface area (Å²) in [6.45, 7) is 2.09. The van der Waals surface area contributed by atoms with Gasteiger partial charge in [0.25, 0.3) is 5.91 Å². The number of carbonyl (C=O) groups excluding carboxylic acids is 1. The highest BCUT2D eigenvalue weighted by Crippen LogP contribution is 2.32. The van der Waals surface area contributed by atoms with Gasteiger partial charge in [0.1, 0.15) is 11.6 Å². The van der Waals surface area contributed by atoms with E-state index < -0.39 is 6.10 Å². The SMILES string of the molecule is CC(Oc1ccc(F)cc1Br)C(=O)NC(CN)C1CC1.Cl. The molecule has 0 radical (unpaired) electrons. The average Bonchev–Trinajstić information content (AvgIpc) is 3.23. The van der Waals surface area contributed by atoms with Crippen LogP contribution in [0, 0.1) is 11.7 Å². The standard InChI is InChI=1S/C14H18BrFN2O2.ClH/c1-8(14(19)18-12(7-17)9-2-3-9)20-13-5-4-10(16)6-11(13)15;/h4-6,8-9,12H,2-3,7,17H2,1H3,(H,18,19);1H. The van der Waals surface area contributed by atoms with Gasteiger partial charge in [-0.2, -0.15) is 0 Å². The first kappa shape index (κ1) is 18.2. The van der Waals surface area contributed by atoms with Crippen LogP contribution in [0.2, 0.25) is 0 Å². The Balaban J connectivity index is 0.00000220. The maximum absolute atomic E-state index is 13.0. The minimum absolute atomic E-state index is 0. The molecule has 7 heteroatoms. The Morgan fingerprint density at radius 1 is 1.57 bits per heavy atom. The molecule has 0 aliphatic heterocycles. The first-order chi connectivity index (χ1) is 9.51. The molecule has 1 aromatic carbocycles. The Morgan fingerprint density at radius 3 is 2.76 bits per heavy atom. The minimum atomic E-state index is -0.662. The summed E-state index contributed by atoms with van der Waals surface area (Å²) in [4.78, 5) is 12.0. The Bertz CT molecular complexity index is 500. The fourth-order valence-electron chi connectivity index (χ4n) is 1.98. The van der Waals surface area contributed by atoms with Crippen LogP contribution >= 0.6 is 28.3 Å². The maximum Gasteiger partial charge on any atom is 0.261 e. The van der Waals surface area contributed by atoms with Gasteiger partial charge in [-0.3, -0.25) is 4.79 Å². The van der Waals surface area contributed by atoms with Crippen molar-refractivity contribution in [3.63, 3.8) is 0 Å². The van der Waals surface area contributed by atoms with Crippen molar-refractivity contribution in [3.05, 3.63) is 28.5 Å². The van der Waals surface area contributed by atoms with Crippen molar-refractivity contribution >= 4 is 34.2 Å². The van der Waals surface area contributed by atoms with Crippen LogP contribution in [0.1, 0.15) is 19.8 Å². The number of rotatable bonds is 6. The molecule has 1 fully saturated rings. The summed E-state index contributed by atoms with van der Waals surface area (Å²) in [5.41, 5.74) is 5.65. The van der Waals surface area contributed by atoms with Crippen LogP contribution in [0.15, 0.2) is 22.7 Å². The molecule has 2 rings (SSSR count). The van der Waals surface area contributed by atoms with Gasteiger partial charge in [0.2, 0.25) is 0 Å². The zero-order valence-electron chi connectivity index (χ0n) is 11.6. The molecule has 118 valence electrons.